The molecule has 24 heavy (non-hydrogen) atoms. The van der Waals surface area contributed by atoms with Gasteiger partial charge < -0.3 is 10.7 Å². The minimum atomic E-state index is -0.531. The molecule has 0 atom stereocenters. The van der Waals surface area contributed by atoms with Crippen molar-refractivity contribution in [1.82, 2.24) is 9.97 Å². The zero-order valence-corrected chi connectivity index (χ0v) is 13.3. The number of primary amides is 1. The first-order valence-corrected chi connectivity index (χ1v) is 7.98. The van der Waals surface area contributed by atoms with Crippen LogP contribution in [0.5, 0.6) is 0 Å². The molecule has 0 saturated heterocycles. The van der Waals surface area contributed by atoms with Gasteiger partial charge in [-0.15, -0.1) is 11.3 Å². The van der Waals surface area contributed by atoms with Gasteiger partial charge in [0, 0.05) is 23.2 Å². The maximum atomic E-state index is 11.9. The Morgan fingerprint density at radius 2 is 2.04 bits per heavy atom. The summed E-state index contributed by atoms with van der Waals surface area (Å²) in [7, 11) is 0. The van der Waals surface area contributed by atoms with E-state index in [0.29, 0.717) is 16.5 Å². The molecular formula is C17H14N4O2S. The van der Waals surface area contributed by atoms with Crippen LogP contribution in [-0.4, -0.2) is 21.8 Å². The van der Waals surface area contributed by atoms with E-state index < -0.39 is 5.91 Å². The van der Waals surface area contributed by atoms with Crippen molar-refractivity contribution in [2.45, 2.75) is 0 Å². The fraction of sp³-hybridized carbons (Fsp3) is 0. The largest absolute Gasteiger partial charge is 0.364 e. The number of anilines is 1. The van der Waals surface area contributed by atoms with Gasteiger partial charge in [0.05, 0.1) is 5.69 Å². The maximum Gasteiger partial charge on any atom is 0.265 e. The molecule has 0 fully saturated rings. The van der Waals surface area contributed by atoms with Crippen molar-refractivity contribution >= 4 is 34.4 Å². The Labute approximate surface area is 142 Å². The second-order valence-corrected chi connectivity index (χ2v) is 5.80. The number of hydrogen-bond acceptors (Lipinski definition) is 4. The third-order valence-corrected chi connectivity index (χ3v) is 3.96. The number of nitrogens with two attached hydrogens (primary N) is 1. The highest BCUT2D eigenvalue weighted by atomic mass is 32.1. The lowest BCUT2D eigenvalue weighted by molar-refractivity contribution is -0.111. The molecule has 1 aromatic carbocycles. The lowest BCUT2D eigenvalue weighted by Gasteiger charge is -1.96. The molecule has 0 spiro atoms. The number of carbonyl (C=O) groups is 2. The van der Waals surface area contributed by atoms with E-state index in [4.69, 9.17) is 5.73 Å². The third-order valence-electron chi connectivity index (χ3n) is 3.21. The Morgan fingerprint density at radius 3 is 2.75 bits per heavy atom. The Balaban J connectivity index is 1.66. The molecule has 2 aromatic heterocycles. The van der Waals surface area contributed by atoms with Crippen LogP contribution in [0.1, 0.15) is 16.1 Å². The molecule has 0 aliphatic heterocycles. The normalized spacial score (nSPS) is 10.8. The first kappa shape index (κ1) is 15.7. The van der Waals surface area contributed by atoms with Crippen LogP contribution in [0, 0.1) is 0 Å². The molecule has 0 saturated carbocycles. The molecule has 3 rings (SSSR count). The summed E-state index contributed by atoms with van der Waals surface area (Å²) in [6.07, 6.45) is 4.84. The van der Waals surface area contributed by atoms with Crippen LogP contribution < -0.4 is 11.1 Å². The van der Waals surface area contributed by atoms with Crippen molar-refractivity contribution in [1.29, 1.82) is 0 Å². The highest BCUT2D eigenvalue weighted by Gasteiger charge is 2.10. The van der Waals surface area contributed by atoms with Gasteiger partial charge in [-0.25, -0.2) is 4.98 Å². The molecule has 0 aliphatic rings. The Bertz CT molecular complexity index is 896. The van der Waals surface area contributed by atoms with Gasteiger partial charge >= 0.3 is 0 Å². The van der Waals surface area contributed by atoms with Gasteiger partial charge in [0.2, 0.25) is 5.91 Å². The fourth-order valence-electron chi connectivity index (χ4n) is 2.03. The number of nitrogens with zero attached hydrogens (tertiary/aromatic N) is 1. The van der Waals surface area contributed by atoms with Crippen LogP contribution in [0.15, 0.2) is 54.1 Å². The standard InChI is InChI=1S/C17H14N4O2S/c18-16(23)13-8-12(9-19-13)14-10-24-17(20-14)21-15(22)7-6-11-4-2-1-3-5-11/h1-10,19H,(H2,18,23)(H,20,21,22)/b7-6+. The molecule has 3 aromatic rings. The lowest BCUT2D eigenvalue weighted by atomic mass is 10.2. The number of nitrogens with one attached hydrogen (secondary N) is 2. The highest BCUT2D eigenvalue weighted by molar-refractivity contribution is 7.14. The summed E-state index contributed by atoms with van der Waals surface area (Å²) < 4.78 is 0. The summed E-state index contributed by atoms with van der Waals surface area (Å²) in [6, 6.07) is 11.2. The first-order valence-electron chi connectivity index (χ1n) is 7.10. The number of benzene rings is 1. The number of H-pyrrole nitrogens is 1. The summed E-state index contributed by atoms with van der Waals surface area (Å²) in [5, 5.41) is 4.99. The van der Waals surface area contributed by atoms with E-state index in [1.807, 2.05) is 30.3 Å². The van der Waals surface area contributed by atoms with Crippen LogP contribution in [-0.2, 0) is 4.79 Å². The first-order chi connectivity index (χ1) is 11.6. The summed E-state index contributed by atoms with van der Waals surface area (Å²) in [6.45, 7) is 0. The van der Waals surface area contributed by atoms with Crippen molar-refractivity contribution in [3.05, 3.63) is 65.3 Å². The van der Waals surface area contributed by atoms with Crippen molar-refractivity contribution in [3.8, 4) is 11.3 Å². The summed E-state index contributed by atoms with van der Waals surface area (Å²) in [5.41, 5.74) is 7.86. The minimum Gasteiger partial charge on any atom is -0.364 e. The number of thiazole rings is 1. The topological polar surface area (TPSA) is 101 Å². The number of rotatable bonds is 5. The summed E-state index contributed by atoms with van der Waals surface area (Å²) in [4.78, 5) is 30.1. The van der Waals surface area contributed by atoms with E-state index in [0.717, 1.165) is 11.1 Å². The molecule has 7 heteroatoms. The second-order valence-electron chi connectivity index (χ2n) is 4.94. The third kappa shape index (κ3) is 3.76. The van der Waals surface area contributed by atoms with Gasteiger partial charge in [0.1, 0.15) is 5.69 Å². The lowest BCUT2D eigenvalue weighted by Crippen LogP contribution is -2.10. The van der Waals surface area contributed by atoms with Crippen LogP contribution in [0.25, 0.3) is 17.3 Å². The van der Waals surface area contributed by atoms with E-state index in [9.17, 15) is 9.59 Å². The molecule has 0 aliphatic carbocycles. The number of carbonyl (C=O) groups excluding carboxylic acids is 2. The van der Waals surface area contributed by atoms with Crippen molar-refractivity contribution < 1.29 is 9.59 Å². The molecule has 0 radical (unpaired) electrons. The maximum absolute atomic E-state index is 11.9. The van der Waals surface area contributed by atoms with E-state index in [-0.39, 0.29) is 5.91 Å². The number of aromatic nitrogens is 2. The Hall–Kier alpha value is -3.19. The Kier molecular flexibility index (Phi) is 4.53. The highest BCUT2D eigenvalue weighted by Crippen LogP contribution is 2.25. The zero-order chi connectivity index (χ0) is 16.9. The van der Waals surface area contributed by atoms with E-state index in [2.05, 4.69) is 15.3 Å². The number of amides is 2. The van der Waals surface area contributed by atoms with Gasteiger partial charge in [-0.05, 0) is 17.7 Å². The van der Waals surface area contributed by atoms with Gasteiger partial charge in [-0.2, -0.15) is 0 Å². The van der Waals surface area contributed by atoms with E-state index in [1.165, 1.54) is 17.4 Å². The molecule has 2 amide bonds. The van der Waals surface area contributed by atoms with Gasteiger partial charge in [0.15, 0.2) is 5.13 Å². The number of hydrogen-bond donors (Lipinski definition) is 3. The van der Waals surface area contributed by atoms with Gasteiger partial charge in [-0.1, -0.05) is 30.3 Å². The average molecular weight is 338 g/mol. The molecule has 0 bridgehead atoms. The molecule has 120 valence electrons. The zero-order valence-electron chi connectivity index (χ0n) is 12.5. The predicted molar refractivity (Wildman–Crippen MR) is 94.5 cm³/mol. The molecule has 4 N–H and O–H groups in total. The Morgan fingerprint density at radius 1 is 1.25 bits per heavy atom. The SMILES string of the molecule is NC(=O)c1cc(-c2csc(NC(=O)/C=C/c3ccccc3)n2)c[nH]1. The van der Waals surface area contributed by atoms with E-state index >= 15 is 0 Å². The van der Waals surface area contributed by atoms with Crippen molar-refractivity contribution in [3.63, 3.8) is 0 Å². The monoisotopic (exact) mass is 338 g/mol. The predicted octanol–water partition coefficient (Wildman–Crippen LogP) is 2.89. The van der Waals surface area contributed by atoms with Crippen LogP contribution in [0.3, 0.4) is 0 Å². The summed E-state index contributed by atoms with van der Waals surface area (Å²) in [5.74, 6) is -0.789. The van der Waals surface area contributed by atoms with Crippen molar-refractivity contribution in [2.24, 2.45) is 5.73 Å². The molecule has 6 nitrogen and oxygen atoms in total. The summed E-state index contributed by atoms with van der Waals surface area (Å²) >= 11 is 1.31. The van der Waals surface area contributed by atoms with Crippen LogP contribution in [0.2, 0.25) is 0 Å². The smallest absolute Gasteiger partial charge is 0.265 e. The van der Waals surface area contributed by atoms with Crippen LogP contribution in [0.4, 0.5) is 5.13 Å². The fourth-order valence-corrected chi connectivity index (χ4v) is 2.75. The average Bonchev–Trinajstić information content (AvgIpc) is 3.23. The van der Waals surface area contributed by atoms with Gasteiger partial charge in [-0.3, -0.25) is 14.9 Å². The molecule has 2 heterocycles. The quantitative estimate of drug-likeness (QED) is 0.623. The minimum absolute atomic E-state index is 0.258. The van der Waals surface area contributed by atoms with Crippen molar-refractivity contribution in [2.75, 3.05) is 5.32 Å². The number of aromatic amines is 1. The molecular weight excluding hydrogens is 324 g/mol. The van der Waals surface area contributed by atoms with Gasteiger partial charge in [0.25, 0.3) is 5.91 Å². The van der Waals surface area contributed by atoms with Crippen LogP contribution >= 0.6 is 11.3 Å². The molecule has 0 unspecified atom stereocenters. The second kappa shape index (κ2) is 6.93. The van der Waals surface area contributed by atoms with E-state index in [1.54, 1.807) is 23.7 Å².